The Labute approximate surface area is 90.3 Å². The first-order valence-electron chi connectivity index (χ1n) is 5.08. The predicted molar refractivity (Wildman–Crippen MR) is 56.5 cm³/mol. The average Bonchev–Trinajstić information content (AvgIpc) is 2.15. The molecule has 0 aromatic heterocycles. The second-order valence-corrected chi connectivity index (χ2v) is 5.07. The molecule has 0 unspecified atom stereocenters. The van der Waals surface area contributed by atoms with Crippen LogP contribution in [0.3, 0.4) is 0 Å². The fourth-order valence-electron chi connectivity index (χ4n) is 1.83. The van der Waals surface area contributed by atoms with Crippen LogP contribution in [0.4, 0.5) is 0 Å². The molecule has 0 amide bonds. The predicted octanol–water partition coefficient (Wildman–Crippen LogP) is 1.23. The quantitative estimate of drug-likeness (QED) is 0.725. The Balaban J connectivity index is 3.12. The summed E-state index contributed by atoms with van der Waals surface area (Å²) < 4.78 is 10.7. The van der Waals surface area contributed by atoms with Crippen molar-refractivity contribution in [2.45, 2.75) is 32.9 Å². The van der Waals surface area contributed by atoms with Gasteiger partial charge < -0.3 is 14.4 Å². The van der Waals surface area contributed by atoms with E-state index in [1.54, 1.807) is 6.07 Å². The first-order valence-corrected chi connectivity index (χ1v) is 6.81. The van der Waals surface area contributed by atoms with Crippen molar-refractivity contribution < 1.29 is 14.4 Å². The summed E-state index contributed by atoms with van der Waals surface area (Å²) in [6, 6.07) is 5.51. The summed E-state index contributed by atoms with van der Waals surface area (Å²) in [5.41, 5.74) is 2.79. The van der Waals surface area contributed by atoms with Gasteiger partial charge >= 0.3 is 0 Å². The second kappa shape index (κ2) is 4.93. The molecule has 1 aromatic rings. The van der Waals surface area contributed by atoms with Gasteiger partial charge in [0.2, 0.25) is 0 Å². The molecule has 0 N–H and O–H groups in total. The van der Waals surface area contributed by atoms with Gasteiger partial charge in [-0.2, -0.15) is 0 Å². The van der Waals surface area contributed by atoms with Gasteiger partial charge in [0.05, 0.1) is 0 Å². The topological polar surface area (TPSA) is 63.2 Å². The monoisotopic (exact) mass is 226 g/mol. The van der Waals surface area contributed by atoms with Crippen LogP contribution in [0, 0.1) is 0 Å². The average molecular weight is 226 g/mol. The van der Waals surface area contributed by atoms with E-state index in [1.807, 2.05) is 26.0 Å². The second-order valence-electron chi connectivity index (χ2n) is 3.53. The van der Waals surface area contributed by atoms with Crippen molar-refractivity contribution >= 4 is 7.60 Å². The summed E-state index contributed by atoms with van der Waals surface area (Å²) in [5, 5.41) is 0. The maximum Gasteiger partial charge on any atom is 0.000504 e. The molecule has 0 saturated heterocycles. The van der Waals surface area contributed by atoms with Crippen molar-refractivity contribution in [3.05, 3.63) is 34.9 Å². The highest BCUT2D eigenvalue weighted by molar-refractivity contribution is 7.47. The Morgan fingerprint density at radius 1 is 1.13 bits per heavy atom. The molecule has 0 radical (unpaired) electrons. The lowest BCUT2D eigenvalue weighted by Gasteiger charge is -2.30. The molecular weight excluding hydrogens is 211 g/mol. The summed E-state index contributed by atoms with van der Waals surface area (Å²) in [4.78, 5) is 21.5. The standard InChI is InChI=1S/C11H17O3P/c1-3-9-6-5-7-10(11(9)4-2)8-15(12,13)14/h5-7H,3-4,8H2,1-2H3,(H2,12,13,14)/p-2. The van der Waals surface area contributed by atoms with E-state index in [2.05, 4.69) is 0 Å². The minimum absolute atomic E-state index is 0.371. The Morgan fingerprint density at radius 2 is 1.73 bits per heavy atom. The van der Waals surface area contributed by atoms with Gasteiger partial charge in [0, 0.05) is 6.16 Å². The van der Waals surface area contributed by atoms with E-state index in [0.29, 0.717) is 5.56 Å². The van der Waals surface area contributed by atoms with Crippen LogP contribution in [-0.4, -0.2) is 0 Å². The molecule has 0 fully saturated rings. The van der Waals surface area contributed by atoms with Gasteiger partial charge in [0.25, 0.3) is 0 Å². The van der Waals surface area contributed by atoms with Crippen LogP contribution in [0.15, 0.2) is 18.2 Å². The van der Waals surface area contributed by atoms with Gasteiger partial charge in [-0.05, 0) is 29.5 Å². The molecule has 3 nitrogen and oxygen atoms in total. The summed E-state index contributed by atoms with van der Waals surface area (Å²) in [6.45, 7) is 3.99. The Bertz CT molecular complexity index is 381. The zero-order valence-electron chi connectivity index (χ0n) is 9.03. The van der Waals surface area contributed by atoms with Crippen molar-refractivity contribution in [2.75, 3.05) is 0 Å². The van der Waals surface area contributed by atoms with Gasteiger partial charge in [0.15, 0.2) is 0 Å². The summed E-state index contributed by atoms with van der Waals surface area (Å²) in [6.07, 6.45) is 1.25. The molecule has 0 saturated carbocycles. The molecule has 15 heavy (non-hydrogen) atoms. The lowest BCUT2D eigenvalue weighted by Crippen LogP contribution is -2.16. The van der Waals surface area contributed by atoms with Crippen molar-refractivity contribution in [3.63, 3.8) is 0 Å². The van der Waals surface area contributed by atoms with Crippen LogP contribution < -0.4 is 9.79 Å². The SMILES string of the molecule is CCc1cccc(CP(=O)([O-])[O-])c1CC. The third-order valence-electron chi connectivity index (χ3n) is 2.47. The summed E-state index contributed by atoms with van der Waals surface area (Å²) >= 11 is 0. The van der Waals surface area contributed by atoms with Crippen LogP contribution in [0.2, 0.25) is 0 Å². The fraction of sp³-hybridized carbons (Fsp3) is 0.455. The molecule has 0 heterocycles. The zero-order chi connectivity index (χ0) is 11.5. The number of hydrogen-bond acceptors (Lipinski definition) is 3. The highest BCUT2D eigenvalue weighted by atomic mass is 31.2. The smallest absolute Gasteiger partial charge is 0.000504 e. The minimum atomic E-state index is -4.46. The van der Waals surface area contributed by atoms with Crippen molar-refractivity contribution in [1.29, 1.82) is 0 Å². The Kier molecular flexibility index (Phi) is 4.09. The van der Waals surface area contributed by atoms with E-state index in [9.17, 15) is 14.4 Å². The van der Waals surface area contributed by atoms with Crippen molar-refractivity contribution in [1.82, 2.24) is 0 Å². The van der Waals surface area contributed by atoms with Crippen LogP contribution >= 0.6 is 7.60 Å². The molecule has 0 atom stereocenters. The molecule has 0 spiro atoms. The molecular formula is C11H15O3P-2. The van der Waals surface area contributed by atoms with Crippen molar-refractivity contribution in [3.8, 4) is 0 Å². The molecule has 84 valence electrons. The van der Waals surface area contributed by atoms with Gasteiger partial charge in [-0.25, -0.2) is 0 Å². The summed E-state index contributed by atoms with van der Waals surface area (Å²) in [7, 11) is -4.46. The molecule has 4 heteroatoms. The molecule has 0 bridgehead atoms. The lowest BCUT2D eigenvalue weighted by atomic mass is 9.98. The third-order valence-corrected chi connectivity index (χ3v) is 3.20. The highest BCUT2D eigenvalue weighted by Gasteiger charge is 2.06. The first kappa shape index (κ1) is 12.4. The third kappa shape index (κ3) is 3.45. The fourth-order valence-corrected chi connectivity index (χ4v) is 2.54. The van der Waals surface area contributed by atoms with Gasteiger partial charge in [-0.1, -0.05) is 39.6 Å². The van der Waals surface area contributed by atoms with E-state index < -0.39 is 7.60 Å². The van der Waals surface area contributed by atoms with E-state index in [1.165, 1.54) is 0 Å². The number of hydrogen-bond donors (Lipinski definition) is 0. The number of benzene rings is 1. The van der Waals surface area contributed by atoms with Crippen LogP contribution in [0.1, 0.15) is 30.5 Å². The molecule has 1 aromatic carbocycles. The normalized spacial score (nSPS) is 11.7. The Hall–Kier alpha value is -0.630. The van der Waals surface area contributed by atoms with E-state index >= 15 is 0 Å². The minimum Gasteiger partial charge on any atom is -0.810 e. The maximum atomic E-state index is 10.7. The zero-order valence-corrected chi connectivity index (χ0v) is 9.92. The van der Waals surface area contributed by atoms with E-state index in [-0.39, 0.29) is 6.16 Å². The van der Waals surface area contributed by atoms with Crippen LogP contribution in [0.25, 0.3) is 0 Å². The largest absolute Gasteiger partial charge is 0.810 e. The molecule has 0 aliphatic heterocycles. The highest BCUT2D eigenvalue weighted by Crippen LogP contribution is 2.32. The van der Waals surface area contributed by atoms with Crippen LogP contribution in [-0.2, 0) is 23.6 Å². The van der Waals surface area contributed by atoms with Gasteiger partial charge in [-0.3, -0.25) is 0 Å². The maximum absolute atomic E-state index is 10.7. The van der Waals surface area contributed by atoms with Crippen LogP contribution in [0.5, 0.6) is 0 Å². The van der Waals surface area contributed by atoms with Crippen molar-refractivity contribution in [2.24, 2.45) is 0 Å². The lowest BCUT2D eigenvalue weighted by molar-refractivity contribution is -0.314. The van der Waals surface area contributed by atoms with Gasteiger partial charge in [0.1, 0.15) is 0 Å². The Morgan fingerprint density at radius 3 is 2.20 bits per heavy atom. The number of rotatable bonds is 4. The van der Waals surface area contributed by atoms with E-state index in [4.69, 9.17) is 0 Å². The molecule has 1 rings (SSSR count). The van der Waals surface area contributed by atoms with E-state index in [0.717, 1.165) is 24.0 Å². The summed E-state index contributed by atoms with van der Waals surface area (Å²) in [5.74, 6) is 0. The number of aryl methyl sites for hydroxylation is 1. The van der Waals surface area contributed by atoms with Gasteiger partial charge in [-0.15, -0.1) is 0 Å². The first-order chi connectivity index (χ1) is 6.98. The molecule has 0 aliphatic rings. The molecule has 0 aliphatic carbocycles.